The highest BCUT2D eigenvalue weighted by Crippen LogP contribution is 2.35. The highest BCUT2D eigenvalue weighted by molar-refractivity contribution is 7.18. The Bertz CT molecular complexity index is 966. The van der Waals surface area contributed by atoms with Crippen LogP contribution in [0.1, 0.15) is 64.6 Å². The molecule has 0 spiro atoms. The largest absolute Gasteiger partial charge is 0.484 e. The van der Waals surface area contributed by atoms with Gasteiger partial charge in [0.2, 0.25) is 0 Å². The van der Waals surface area contributed by atoms with Crippen molar-refractivity contribution in [1.82, 2.24) is 0 Å². The van der Waals surface area contributed by atoms with Crippen LogP contribution in [-0.4, -0.2) is 37.2 Å². The van der Waals surface area contributed by atoms with Crippen molar-refractivity contribution < 1.29 is 28.6 Å². The van der Waals surface area contributed by atoms with Crippen molar-refractivity contribution in [2.75, 3.05) is 18.5 Å². The molecule has 1 N–H and O–H groups in total. The Balaban J connectivity index is 1.74. The molecule has 0 saturated heterocycles. The summed E-state index contributed by atoms with van der Waals surface area (Å²) in [4.78, 5) is 38.1. The lowest BCUT2D eigenvalue weighted by Gasteiger charge is -2.21. The number of hydrogen-bond donors (Lipinski definition) is 1. The topological polar surface area (TPSA) is 90.9 Å². The molecule has 0 radical (unpaired) electrons. The molecule has 0 bridgehead atoms. The third-order valence-corrected chi connectivity index (χ3v) is 6.51. The van der Waals surface area contributed by atoms with E-state index in [1.165, 1.54) is 0 Å². The number of benzene rings is 1. The van der Waals surface area contributed by atoms with Crippen molar-refractivity contribution in [3.05, 3.63) is 45.3 Å². The third kappa shape index (κ3) is 6.23. The summed E-state index contributed by atoms with van der Waals surface area (Å²) in [5, 5.41) is 3.47. The number of carbonyl (C=O) groups is 3. The van der Waals surface area contributed by atoms with Gasteiger partial charge in [0.05, 0.1) is 12.2 Å². The van der Waals surface area contributed by atoms with Crippen LogP contribution in [0.5, 0.6) is 5.75 Å². The third-order valence-electron chi connectivity index (χ3n) is 5.07. The summed E-state index contributed by atoms with van der Waals surface area (Å²) < 4.78 is 16.2. The van der Waals surface area contributed by atoms with Crippen molar-refractivity contribution in [2.24, 2.45) is 0 Å². The van der Waals surface area contributed by atoms with Gasteiger partial charge in [-0.05, 0) is 69.4 Å². The molecule has 3 rings (SSSR count). The number of ether oxygens (including phenoxy) is 3. The second-order valence-corrected chi connectivity index (χ2v) is 8.89. The van der Waals surface area contributed by atoms with Crippen LogP contribution in [0.25, 0.3) is 0 Å². The van der Waals surface area contributed by atoms with E-state index in [0.29, 0.717) is 16.3 Å². The van der Waals surface area contributed by atoms with Crippen LogP contribution in [-0.2, 0) is 14.3 Å². The predicted molar refractivity (Wildman–Crippen MR) is 123 cm³/mol. The van der Waals surface area contributed by atoms with E-state index in [4.69, 9.17) is 25.8 Å². The molecule has 0 atom stereocenters. The first kappa shape index (κ1) is 24.1. The summed E-state index contributed by atoms with van der Waals surface area (Å²) in [6, 6.07) is 6.60. The van der Waals surface area contributed by atoms with Crippen LogP contribution in [0.3, 0.4) is 0 Å². The Morgan fingerprint density at radius 2 is 1.78 bits per heavy atom. The minimum atomic E-state index is -0.605. The number of carbonyl (C=O) groups excluding carboxylic acids is 3. The summed E-state index contributed by atoms with van der Waals surface area (Å²) in [6.07, 6.45) is 4.77. The molecule has 1 aromatic heterocycles. The smallest absolute Gasteiger partial charge is 0.348 e. The van der Waals surface area contributed by atoms with E-state index < -0.39 is 17.8 Å². The van der Waals surface area contributed by atoms with Gasteiger partial charge in [-0.1, -0.05) is 18.0 Å². The molecule has 32 heavy (non-hydrogen) atoms. The van der Waals surface area contributed by atoms with Gasteiger partial charge in [0.25, 0.3) is 5.91 Å². The molecule has 7 nitrogen and oxygen atoms in total. The summed E-state index contributed by atoms with van der Waals surface area (Å²) in [7, 11) is 0. The molecule has 1 aliphatic rings. The van der Waals surface area contributed by atoms with Gasteiger partial charge in [-0.15, -0.1) is 11.3 Å². The summed E-state index contributed by atoms with van der Waals surface area (Å²) in [5.41, 5.74) is 0.593. The molecular formula is C23H26ClNO6S. The predicted octanol–water partition coefficient (Wildman–Crippen LogP) is 5.39. The van der Waals surface area contributed by atoms with Crippen molar-refractivity contribution in [3.63, 3.8) is 0 Å². The average molecular weight is 480 g/mol. The lowest BCUT2D eigenvalue weighted by atomic mass is 9.98. The van der Waals surface area contributed by atoms with Crippen LogP contribution in [0.4, 0.5) is 5.00 Å². The maximum atomic E-state index is 12.8. The highest BCUT2D eigenvalue weighted by atomic mass is 35.5. The van der Waals surface area contributed by atoms with Crippen LogP contribution < -0.4 is 10.1 Å². The number of halogens is 1. The molecule has 0 aliphatic heterocycles. The SMILES string of the molecule is CCOC(=O)c1c(NC(=O)COc2ccc(Cl)cc2)sc(C(=O)OC2CCCCC2)c1C. The fraction of sp³-hybridized carbons (Fsp3) is 0.435. The summed E-state index contributed by atoms with van der Waals surface area (Å²) in [5.74, 6) is -1.08. The number of anilines is 1. The van der Waals surface area contributed by atoms with Crippen molar-refractivity contribution in [1.29, 1.82) is 0 Å². The van der Waals surface area contributed by atoms with Crippen LogP contribution >= 0.6 is 22.9 Å². The van der Waals surface area contributed by atoms with Crippen LogP contribution in [0.15, 0.2) is 24.3 Å². The number of hydrogen-bond acceptors (Lipinski definition) is 7. The second-order valence-electron chi connectivity index (χ2n) is 7.44. The molecular weight excluding hydrogens is 454 g/mol. The maximum Gasteiger partial charge on any atom is 0.348 e. The molecule has 9 heteroatoms. The zero-order chi connectivity index (χ0) is 23.1. The van der Waals surface area contributed by atoms with E-state index in [-0.39, 0.29) is 34.8 Å². The van der Waals surface area contributed by atoms with E-state index in [1.807, 2.05) is 0 Å². The summed E-state index contributed by atoms with van der Waals surface area (Å²) >= 11 is 6.85. The van der Waals surface area contributed by atoms with Gasteiger partial charge in [0.1, 0.15) is 21.7 Å². The van der Waals surface area contributed by atoms with Gasteiger partial charge >= 0.3 is 11.9 Å². The van der Waals surface area contributed by atoms with E-state index in [9.17, 15) is 14.4 Å². The van der Waals surface area contributed by atoms with E-state index in [1.54, 1.807) is 38.1 Å². The monoisotopic (exact) mass is 479 g/mol. The number of amides is 1. The minimum Gasteiger partial charge on any atom is -0.484 e. The number of nitrogens with one attached hydrogen (secondary N) is 1. The Labute approximate surface area is 196 Å². The Hall–Kier alpha value is -2.58. The Kier molecular flexibility index (Phi) is 8.53. The minimum absolute atomic E-state index is 0.116. The molecule has 1 heterocycles. The second kappa shape index (κ2) is 11.3. The van der Waals surface area contributed by atoms with Crippen LogP contribution in [0, 0.1) is 6.92 Å². The Morgan fingerprint density at radius 1 is 1.09 bits per heavy atom. The molecule has 1 aliphatic carbocycles. The normalized spacial score (nSPS) is 14.0. The quantitative estimate of drug-likeness (QED) is 0.510. The first-order chi connectivity index (χ1) is 15.4. The highest BCUT2D eigenvalue weighted by Gasteiger charge is 2.29. The van der Waals surface area contributed by atoms with Crippen molar-refractivity contribution in [2.45, 2.75) is 52.1 Å². The van der Waals surface area contributed by atoms with Crippen LogP contribution in [0.2, 0.25) is 5.02 Å². The molecule has 1 fully saturated rings. The zero-order valence-corrected chi connectivity index (χ0v) is 19.6. The maximum absolute atomic E-state index is 12.8. The average Bonchev–Trinajstić information content (AvgIpc) is 3.10. The van der Waals surface area contributed by atoms with Gasteiger partial charge in [-0.3, -0.25) is 4.79 Å². The van der Waals surface area contributed by atoms with Gasteiger partial charge in [-0.25, -0.2) is 9.59 Å². The van der Waals surface area contributed by atoms with Gasteiger partial charge in [0.15, 0.2) is 6.61 Å². The molecule has 0 unspecified atom stereocenters. The zero-order valence-electron chi connectivity index (χ0n) is 18.1. The summed E-state index contributed by atoms with van der Waals surface area (Å²) in [6.45, 7) is 3.24. The van der Waals surface area contributed by atoms with Gasteiger partial charge < -0.3 is 19.5 Å². The van der Waals surface area contributed by atoms with Gasteiger partial charge in [-0.2, -0.15) is 0 Å². The van der Waals surface area contributed by atoms with E-state index >= 15 is 0 Å². The Morgan fingerprint density at radius 3 is 2.44 bits per heavy atom. The fourth-order valence-corrected chi connectivity index (χ4v) is 4.70. The van der Waals surface area contributed by atoms with Crippen molar-refractivity contribution >= 4 is 45.8 Å². The number of esters is 2. The molecule has 1 amide bonds. The van der Waals surface area contributed by atoms with Gasteiger partial charge in [0, 0.05) is 5.02 Å². The molecule has 1 saturated carbocycles. The molecule has 172 valence electrons. The standard InChI is InChI=1S/C23H26ClNO6S/c1-3-29-22(27)19-14(2)20(23(28)31-17-7-5-4-6-8-17)32-21(19)25-18(26)13-30-16-11-9-15(24)10-12-16/h9-12,17H,3-8,13H2,1-2H3,(H,25,26). The van der Waals surface area contributed by atoms with E-state index in [2.05, 4.69) is 5.32 Å². The molecule has 2 aromatic rings. The lowest BCUT2D eigenvalue weighted by molar-refractivity contribution is -0.118. The first-order valence-electron chi connectivity index (χ1n) is 10.6. The first-order valence-corrected chi connectivity index (χ1v) is 11.8. The lowest BCUT2D eigenvalue weighted by Crippen LogP contribution is -2.21. The van der Waals surface area contributed by atoms with E-state index in [0.717, 1.165) is 43.4 Å². The number of rotatable bonds is 8. The molecule has 1 aromatic carbocycles. The number of thiophene rings is 1. The van der Waals surface area contributed by atoms with Crippen molar-refractivity contribution in [3.8, 4) is 5.75 Å². The fourth-order valence-electron chi connectivity index (χ4n) is 3.48.